The Morgan fingerprint density at radius 3 is 3.09 bits per heavy atom. The van der Waals surface area contributed by atoms with Gasteiger partial charge in [-0.15, -0.1) is 0 Å². The molecule has 0 N–H and O–H groups in total. The van der Waals surface area contributed by atoms with Crippen molar-refractivity contribution >= 4 is 0 Å². The number of rotatable bonds is 0. The minimum Gasteiger partial charge on any atom is -0.0848 e. The van der Waals surface area contributed by atoms with Gasteiger partial charge in [0.25, 0.3) is 0 Å². The van der Waals surface area contributed by atoms with E-state index in [0.29, 0.717) is 0 Å². The van der Waals surface area contributed by atoms with E-state index in [1.54, 1.807) is 5.57 Å². The van der Waals surface area contributed by atoms with E-state index in [2.05, 4.69) is 25.2 Å². The average molecular weight is 146 g/mol. The van der Waals surface area contributed by atoms with E-state index in [1.807, 2.05) is 0 Å². The van der Waals surface area contributed by atoms with Gasteiger partial charge in [-0.1, -0.05) is 30.7 Å². The Morgan fingerprint density at radius 2 is 2.27 bits per heavy atom. The number of allylic oxidation sites excluding steroid dienone is 4. The van der Waals surface area contributed by atoms with Gasteiger partial charge in [0.2, 0.25) is 0 Å². The summed E-state index contributed by atoms with van der Waals surface area (Å²) in [4.78, 5) is 0. The molecule has 1 fully saturated rings. The van der Waals surface area contributed by atoms with Gasteiger partial charge in [-0.25, -0.2) is 0 Å². The van der Waals surface area contributed by atoms with Gasteiger partial charge in [-0.3, -0.25) is 0 Å². The van der Waals surface area contributed by atoms with E-state index in [0.717, 1.165) is 23.7 Å². The summed E-state index contributed by atoms with van der Waals surface area (Å²) in [6.07, 6.45) is 10.2. The lowest BCUT2D eigenvalue weighted by atomic mass is 9.82. The smallest absolute Gasteiger partial charge is 0.00770 e. The molecule has 4 unspecified atom stereocenters. The van der Waals surface area contributed by atoms with Crippen molar-refractivity contribution in [1.82, 2.24) is 0 Å². The first kappa shape index (κ1) is 6.05. The number of hydrogen-bond acceptors (Lipinski definition) is 0. The summed E-state index contributed by atoms with van der Waals surface area (Å²) < 4.78 is 0. The fraction of sp³-hybridized carbons (Fsp3) is 0.636. The molecule has 11 heavy (non-hydrogen) atoms. The zero-order valence-electron chi connectivity index (χ0n) is 6.96. The second-order valence-electron chi connectivity index (χ2n) is 4.33. The van der Waals surface area contributed by atoms with Crippen LogP contribution in [-0.2, 0) is 0 Å². The van der Waals surface area contributed by atoms with E-state index in [1.165, 1.54) is 12.8 Å². The predicted molar refractivity (Wildman–Crippen MR) is 46.1 cm³/mol. The van der Waals surface area contributed by atoms with Crippen molar-refractivity contribution in [3.05, 3.63) is 23.8 Å². The zero-order chi connectivity index (χ0) is 7.42. The molecule has 0 nitrogen and oxygen atoms in total. The van der Waals surface area contributed by atoms with E-state index in [4.69, 9.17) is 0 Å². The Hall–Kier alpha value is -0.520. The van der Waals surface area contributed by atoms with Crippen LogP contribution in [0, 0.1) is 23.7 Å². The summed E-state index contributed by atoms with van der Waals surface area (Å²) in [5, 5.41) is 0. The Bertz CT molecular complexity index is 247. The molecule has 3 aliphatic rings. The second kappa shape index (κ2) is 1.80. The lowest BCUT2D eigenvalue weighted by molar-refractivity contribution is 0.361. The summed E-state index contributed by atoms with van der Waals surface area (Å²) in [5.74, 6) is 3.69. The molecule has 0 amide bonds. The van der Waals surface area contributed by atoms with Crippen LogP contribution in [0.1, 0.15) is 19.8 Å². The second-order valence-corrected chi connectivity index (χ2v) is 4.33. The molecule has 2 bridgehead atoms. The summed E-state index contributed by atoms with van der Waals surface area (Å²) in [7, 11) is 0. The third-order valence-corrected chi connectivity index (χ3v) is 3.77. The van der Waals surface area contributed by atoms with Gasteiger partial charge >= 0.3 is 0 Å². The molecule has 0 heterocycles. The van der Waals surface area contributed by atoms with Crippen LogP contribution < -0.4 is 0 Å². The minimum atomic E-state index is 0.830. The Labute approximate surface area is 68.0 Å². The molecule has 0 aromatic heterocycles. The third-order valence-electron chi connectivity index (χ3n) is 3.77. The van der Waals surface area contributed by atoms with Gasteiger partial charge in [0, 0.05) is 0 Å². The quantitative estimate of drug-likeness (QED) is 0.461. The first-order valence-electron chi connectivity index (χ1n) is 4.73. The number of fused-ring (bicyclic) bond motifs is 5. The molecule has 0 aromatic carbocycles. The zero-order valence-corrected chi connectivity index (χ0v) is 6.96. The Morgan fingerprint density at radius 1 is 1.36 bits per heavy atom. The van der Waals surface area contributed by atoms with Crippen molar-refractivity contribution in [2.24, 2.45) is 23.7 Å². The summed E-state index contributed by atoms with van der Waals surface area (Å²) in [6, 6.07) is 0. The highest BCUT2D eigenvalue weighted by atomic mass is 14.5. The van der Waals surface area contributed by atoms with E-state index >= 15 is 0 Å². The topological polar surface area (TPSA) is 0 Å². The first-order chi connectivity index (χ1) is 5.36. The molecule has 3 aliphatic carbocycles. The van der Waals surface area contributed by atoms with Gasteiger partial charge in [0.15, 0.2) is 0 Å². The highest BCUT2D eigenvalue weighted by Crippen LogP contribution is 2.54. The largest absolute Gasteiger partial charge is 0.0848 e. The lowest BCUT2D eigenvalue weighted by Gasteiger charge is -2.22. The molecule has 58 valence electrons. The molecule has 0 heteroatoms. The average Bonchev–Trinajstić information content (AvgIpc) is 2.60. The molecule has 0 saturated heterocycles. The first-order valence-corrected chi connectivity index (χ1v) is 4.73. The van der Waals surface area contributed by atoms with Crippen molar-refractivity contribution in [3.8, 4) is 0 Å². The SMILES string of the molecule is CC1C=CC2C3CC=C(C3)C12. The van der Waals surface area contributed by atoms with Crippen molar-refractivity contribution in [3.63, 3.8) is 0 Å². The monoisotopic (exact) mass is 146 g/mol. The summed E-state index contributed by atoms with van der Waals surface area (Å²) in [5.41, 5.74) is 1.78. The minimum absolute atomic E-state index is 0.830. The molecular formula is C11H14. The fourth-order valence-corrected chi connectivity index (χ4v) is 3.27. The summed E-state index contributed by atoms with van der Waals surface area (Å²) >= 11 is 0. The summed E-state index contributed by atoms with van der Waals surface area (Å²) in [6.45, 7) is 2.36. The van der Waals surface area contributed by atoms with Gasteiger partial charge < -0.3 is 0 Å². The molecule has 0 radical (unpaired) electrons. The standard InChI is InChI=1S/C11H14/c1-7-2-5-10-8-3-4-9(6-8)11(7)10/h2,4-5,7-8,10-11H,3,6H2,1H3. The maximum atomic E-state index is 2.50. The van der Waals surface area contributed by atoms with Crippen LogP contribution in [0.15, 0.2) is 23.8 Å². The molecule has 1 saturated carbocycles. The van der Waals surface area contributed by atoms with Gasteiger partial charge in [-0.2, -0.15) is 0 Å². The maximum Gasteiger partial charge on any atom is -0.00770 e. The predicted octanol–water partition coefficient (Wildman–Crippen LogP) is 2.77. The van der Waals surface area contributed by atoms with Crippen molar-refractivity contribution in [2.75, 3.05) is 0 Å². The number of hydrogen-bond donors (Lipinski definition) is 0. The highest BCUT2D eigenvalue weighted by Gasteiger charge is 2.45. The van der Waals surface area contributed by atoms with Crippen LogP contribution in [0.4, 0.5) is 0 Å². The molecule has 3 rings (SSSR count). The van der Waals surface area contributed by atoms with E-state index in [-0.39, 0.29) is 0 Å². The molecule has 4 atom stereocenters. The van der Waals surface area contributed by atoms with Gasteiger partial charge in [-0.05, 0) is 36.5 Å². The van der Waals surface area contributed by atoms with Crippen LogP contribution in [-0.4, -0.2) is 0 Å². The Kier molecular flexibility index (Phi) is 0.988. The highest BCUT2D eigenvalue weighted by molar-refractivity contribution is 5.30. The maximum absolute atomic E-state index is 2.50. The Balaban J connectivity index is 2.05. The van der Waals surface area contributed by atoms with Crippen molar-refractivity contribution in [1.29, 1.82) is 0 Å². The fourth-order valence-electron chi connectivity index (χ4n) is 3.27. The van der Waals surface area contributed by atoms with Gasteiger partial charge in [0.1, 0.15) is 0 Å². The van der Waals surface area contributed by atoms with E-state index in [9.17, 15) is 0 Å². The third kappa shape index (κ3) is 0.610. The molecule has 0 aromatic rings. The van der Waals surface area contributed by atoms with Crippen LogP contribution in [0.3, 0.4) is 0 Å². The molecular weight excluding hydrogens is 132 g/mol. The van der Waals surface area contributed by atoms with Crippen LogP contribution in [0.5, 0.6) is 0 Å². The van der Waals surface area contributed by atoms with Crippen LogP contribution in [0.25, 0.3) is 0 Å². The molecule has 0 aliphatic heterocycles. The van der Waals surface area contributed by atoms with E-state index < -0.39 is 0 Å². The van der Waals surface area contributed by atoms with Crippen LogP contribution >= 0.6 is 0 Å². The van der Waals surface area contributed by atoms with Crippen molar-refractivity contribution in [2.45, 2.75) is 19.8 Å². The lowest BCUT2D eigenvalue weighted by Crippen LogP contribution is -2.15. The normalized spacial score (nSPS) is 51.5. The van der Waals surface area contributed by atoms with Gasteiger partial charge in [0.05, 0.1) is 0 Å². The van der Waals surface area contributed by atoms with Crippen LogP contribution in [0.2, 0.25) is 0 Å². The van der Waals surface area contributed by atoms with Crippen molar-refractivity contribution < 1.29 is 0 Å². The molecule has 0 spiro atoms.